The van der Waals surface area contributed by atoms with Crippen LogP contribution in [-0.2, 0) is 4.79 Å². The number of carbonyl (C=O) groups excluding carboxylic acids is 1. The summed E-state index contributed by atoms with van der Waals surface area (Å²) in [5.74, 6) is 6.61. The number of anilines is 3. The molecule has 0 unspecified atom stereocenters. The van der Waals surface area contributed by atoms with E-state index in [9.17, 15) is 4.79 Å². The summed E-state index contributed by atoms with van der Waals surface area (Å²) in [7, 11) is 0. The Kier molecular flexibility index (Phi) is 5.23. The molecule has 3 aromatic heterocycles. The molecule has 0 saturated carbocycles. The maximum Gasteiger partial charge on any atom is 0.300 e. The summed E-state index contributed by atoms with van der Waals surface area (Å²) in [6, 6.07) is 16.6. The van der Waals surface area contributed by atoms with Crippen LogP contribution >= 0.6 is 0 Å². The van der Waals surface area contributed by atoms with Gasteiger partial charge in [0, 0.05) is 16.8 Å². The minimum Gasteiger partial charge on any atom is -0.456 e. The van der Waals surface area contributed by atoms with E-state index in [1.54, 1.807) is 23.7 Å². The van der Waals surface area contributed by atoms with Crippen LogP contribution in [0.15, 0.2) is 73.4 Å². The van der Waals surface area contributed by atoms with Crippen LogP contribution in [0.2, 0.25) is 0 Å². The predicted molar refractivity (Wildman–Crippen MR) is 124 cm³/mol. The lowest BCUT2D eigenvalue weighted by atomic mass is 10.2. The Morgan fingerprint density at radius 3 is 2.61 bits per heavy atom. The fraction of sp³-hybridized carbons (Fsp3) is 0.0417. The molecule has 0 atom stereocenters. The van der Waals surface area contributed by atoms with Crippen LogP contribution in [0.5, 0.6) is 11.5 Å². The Morgan fingerprint density at radius 2 is 1.76 bits per heavy atom. The maximum atomic E-state index is 11.8. The van der Waals surface area contributed by atoms with Gasteiger partial charge in [-0.25, -0.2) is 19.5 Å². The summed E-state index contributed by atoms with van der Waals surface area (Å²) in [5, 5.41) is 10.9. The van der Waals surface area contributed by atoms with Crippen molar-refractivity contribution in [3.8, 4) is 23.3 Å². The van der Waals surface area contributed by atoms with Gasteiger partial charge in [0.15, 0.2) is 5.65 Å². The van der Waals surface area contributed by atoms with E-state index in [0.29, 0.717) is 23.0 Å². The third kappa shape index (κ3) is 4.40. The van der Waals surface area contributed by atoms with Crippen molar-refractivity contribution in [3.63, 3.8) is 0 Å². The van der Waals surface area contributed by atoms with Crippen molar-refractivity contribution in [2.45, 2.75) is 6.92 Å². The Bertz CT molecular complexity index is 1530. The van der Waals surface area contributed by atoms with E-state index in [0.717, 1.165) is 22.2 Å². The number of nitrogens with one attached hydrogen (secondary N) is 2. The number of amides is 1. The lowest BCUT2D eigenvalue weighted by molar-refractivity contribution is -0.111. The number of rotatable bonds is 5. The van der Waals surface area contributed by atoms with E-state index < -0.39 is 0 Å². The first-order chi connectivity index (χ1) is 16.2. The van der Waals surface area contributed by atoms with Gasteiger partial charge in [-0.3, -0.25) is 4.79 Å². The molecule has 9 nitrogen and oxygen atoms in total. The average Bonchev–Trinajstić information content (AvgIpc) is 3.29. The van der Waals surface area contributed by atoms with Gasteiger partial charge in [-0.15, -0.1) is 0 Å². The standard InChI is InChI=1S/C24H17N7O2/c1-2-3-23(32)29-17-6-10-21-20(12-17)24(27-14-25-21)30-16-4-7-18(8-5-16)33-19-9-11-22-26-15-28-31(22)13-19/h4-15H,1H3,(H,29,32)(H,25,27,30). The van der Waals surface area contributed by atoms with Crippen LogP contribution in [0.3, 0.4) is 0 Å². The molecule has 0 aliphatic rings. The fourth-order valence-electron chi connectivity index (χ4n) is 3.25. The topological polar surface area (TPSA) is 106 Å². The molecule has 0 bridgehead atoms. The van der Waals surface area contributed by atoms with Gasteiger partial charge in [-0.05, 0) is 67.4 Å². The minimum absolute atomic E-state index is 0.373. The number of aromatic nitrogens is 5. The second-order valence-corrected chi connectivity index (χ2v) is 6.96. The normalized spacial score (nSPS) is 10.5. The summed E-state index contributed by atoms with van der Waals surface area (Å²) >= 11 is 0. The van der Waals surface area contributed by atoms with Gasteiger partial charge in [0.2, 0.25) is 0 Å². The third-order valence-electron chi connectivity index (χ3n) is 4.73. The zero-order chi connectivity index (χ0) is 22.6. The van der Waals surface area contributed by atoms with Crippen LogP contribution in [-0.4, -0.2) is 30.5 Å². The zero-order valence-electron chi connectivity index (χ0n) is 17.5. The number of benzene rings is 2. The molecule has 5 rings (SSSR count). The number of pyridine rings is 1. The average molecular weight is 435 g/mol. The molecule has 0 radical (unpaired) electrons. The predicted octanol–water partition coefficient (Wildman–Crippen LogP) is 4.17. The lowest BCUT2D eigenvalue weighted by Gasteiger charge is -2.11. The molecule has 0 saturated heterocycles. The highest BCUT2D eigenvalue weighted by Crippen LogP contribution is 2.28. The highest BCUT2D eigenvalue weighted by molar-refractivity contribution is 6.05. The molecule has 33 heavy (non-hydrogen) atoms. The molecule has 0 spiro atoms. The second-order valence-electron chi connectivity index (χ2n) is 6.96. The van der Waals surface area contributed by atoms with Crippen molar-refractivity contribution in [3.05, 3.63) is 73.4 Å². The molecular formula is C24H17N7O2. The van der Waals surface area contributed by atoms with Crippen molar-refractivity contribution < 1.29 is 9.53 Å². The Hall–Kier alpha value is -4.97. The van der Waals surface area contributed by atoms with Gasteiger partial charge in [0.05, 0.1) is 11.7 Å². The molecule has 3 heterocycles. The smallest absolute Gasteiger partial charge is 0.300 e. The van der Waals surface area contributed by atoms with E-state index >= 15 is 0 Å². The number of carbonyl (C=O) groups is 1. The first-order valence-electron chi connectivity index (χ1n) is 10.0. The number of hydrogen-bond acceptors (Lipinski definition) is 7. The number of ether oxygens (including phenoxy) is 1. The number of fused-ring (bicyclic) bond motifs is 2. The van der Waals surface area contributed by atoms with Crippen LogP contribution in [0.25, 0.3) is 16.6 Å². The molecule has 0 aliphatic carbocycles. The molecule has 0 fully saturated rings. The maximum absolute atomic E-state index is 11.8. The molecule has 2 aromatic carbocycles. The van der Waals surface area contributed by atoms with Gasteiger partial charge >= 0.3 is 0 Å². The van der Waals surface area contributed by atoms with E-state index in [2.05, 4.69) is 42.5 Å². The number of hydrogen-bond donors (Lipinski definition) is 2. The fourth-order valence-corrected chi connectivity index (χ4v) is 3.25. The van der Waals surface area contributed by atoms with Crippen molar-refractivity contribution in [1.29, 1.82) is 0 Å². The highest BCUT2D eigenvalue weighted by atomic mass is 16.5. The summed E-state index contributed by atoms with van der Waals surface area (Å²) in [6.07, 6.45) is 4.75. The first kappa shape index (κ1) is 20.0. The molecule has 0 aliphatic heterocycles. The minimum atomic E-state index is -0.373. The van der Waals surface area contributed by atoms with Crippen molar-refractivity contribution in [1.82, 2.24) is 24.6 Å². The monoisotopic (exact) mass is 435 g/mol. The van der Waals surface area contributed by atoms with Gasteiger partial charge in [0.1, 0.15) is 30.0 Å². The summed E-state index contributed by atoms with van der Waals surface area (Å²) < 4.78 is 7.56. The van der Waals surface area contributed by atoms with E-state index in [1.807, 2.05) is 48.5 Å². The molecule has 1 amide bonds. The second kappa shape index (κ2) is 8.64. The summed E-state index contributed by atoms with van der Waals surface area (Å²) in [6.45, 7) is 1.61. The first-order valence-corrected chi connectivity index (χ1v) is 10.0. The Labute approximate surface area is 188 Å². The van der Waals surface area contributed by atoms with Crippen LogP contribution in [0, 0.1) is 11.8 Å². The van der Waals surface area contributed by atoms with Gasteiger partial charge < -0.3 is 15.4 Å². The van der Waals surface area contributed by atoms with Gasteiger partial charge in [-0.2, -0.15) is 5.10 Å². The largest absolute Gasteiger partial charge is 0.456 e. The molecular weight excluding hydrogens is 418 g/mol. The van der Waals surface area contributed by atoms with E-state index in [1.165, 1.54) is 12.7 Å². The quantitative estimate of drug-likeness (QED) is 0.399. The highest BCUT2D eigenvalue weighted by Gasteiger charge is 2.08. The van der Waals surface area contributed by atoms with Crippen LogP contribution in [0.1, 0.15) is 6.92 Å². The Morgan fingerprint density at radius 1 is 0.939 bits per heavy atom. The third-order valence-corrected chi connectivity index (χ3v) is 4.73. The molecule has 2 N–H and O–H groups in total. The SMILES string of the molecule is CC#CC(=O)Nc1ccc2ncnc(Nc3ccc(Oc4ccc5ncnn5c4)cc3)c2c1. The summed E-state index contributed by atoms with van der Waals surface area (Å²) in [4.78, 5) is 24.6. The van der Waals surface area contributed by atoms with Crippen LogP contribution < -0.4 is 15.4 Å². The number of nitrogens with zero attached hydrogens (tertiary/aromatic N) is 5. The molecule has 160 valence electrons. The lowest BCUT2D eigenvalue weighted by Crippen LogP contribution is -2.08. The van der Waals surface area contributed by atoms with E-state index in [4.69, 9.17) is 4.74 Å². The molecule has 5 aromatic rings. The van der Waals surface area contributed by atoms with Crippen molar-refractivity contribution >= 4 is 39.6 Å². The van der Waals surface area contributed by atoms with Gasteiger partial charge in [0.25, 0.3) is 5.91 Å². The van der Waals surface area contributed by atoms with Gasteiger partial charge in [-0.1, -0.05) is 5.92 Å². The van der Waals surface area contributed by atoms with Crippen molar-refractivity contribution in [2.24, 2.45) is 0 Å². The molecule has 9 heteroatoms. The summed E-state index contributed by atoms with van der Waals surface area (Å²) in [5.41, 5.74) is 2.93. The Balaban J connectivity index is 1.35. The van der Waals surface area contributed by atoms with Crippen molar-refractivity contribution in [2.75, 3.05) is 10.6 Å². The zero-order valence-corrected chi connectivity index (χ0v) is 17.5. The van der Waals surface area contributed by atoms with E-state index in [-0.39, 0.29) is 5.91 Å². The van der Waals surface area contributed by atoms with Crippen LogP contribution in [0.4, 0.5) is 17.2 Å².